The van der Waals surface area contributed by atoms with Crippen LogP contribution in [0.1, 0.15) is 6.92 Å². The molecule has 0 aliphatic carbocycles. The Kier molecular flexibility index (Phi) is 10.1. The molecule has 0 heterocycles. The van der Waals surface area contributed by atoms with Gasteiger partial charge < -0.3 is 14.9 Å². The summed E-state index contributed by atoms with van der Waals surface area (Å²) in [6.45, 7) is 7.67. The molecule has 0 bridgehead atoms. The Hall–Kier alpha value is -1.62. The van der Waals surface area contributed by atoms with E-state index < -0.39 is 11.9 Å². The lowest BCUT2D eigenvalue weighted by Gasteiger charge is -1.94. The monoisotopic (exact) mass is 202 g/mol. The number of carbonyl (C=O) groups is 2. The maximum absolute atomic E-state index is 10.1. The van der Waals surface area contributed by atoms with E-state index in [0.29, 0.717) is 0 Å². The van der Waals surface area contributed by atoms with Gasteiger partial charge in [-0.25, -0.2) is 9.59 Å². The summed E-state index contributed by atoms with van der Waals surface area (Å²) in [6.07, 6.45) is 1.05. The van der Waals surface area contributed by atoms with Crippen molar-refractivity contribution in [1.82, 2.24) is 0 Å². The van der Waals surface area contributed by atoms with E-state index in [2.05, 4.69) is 17.9 Å². The number of carbonyl (C=O) groups excluding carboxylic acids is 1. The average Bonchev–Trinajstić information content (AvgIpc) is 2.14. The van der Waals surface area contributed by atoms with Gasteiger partial charge in [-0.3, -0.25) is 0 Å². The van der Waals surface area contributed by atoms with Gasteiger partial charge in [0.05, 0.1) is 6.61 Å². The molecule has 0 amide bonds. The number of hydrogen-bond donors (Lipinski definition) is 2. The van der Waals surface area contributed by atoms with Gasteiger partial charge in [0, 0.05) is 11.6 Å². The minimum Gasteiger partial charge on any atom is -0.478 e. The van der Waals surface area contributed by atoms with E-state index in [1.165, 1.54) is 6.92 Å². The van der Waals surface area contributed by atoms with Gasteiger partial charge in [0.2, 0.25) is 0 Å². The summed E-state index contributed by atoms with van der Waals surface area (Å²) in [5.41, 5.74) is 0.176. The lowest BCUT2D eigenvalue weighted by atomic mass is 10.4. The van der Waals surface area contributed by atoms with Crippen LogP contribution in [0.15, 0.2) is 24.8 Å². The molecule has 0 atom stereocenters. The highest BCUT2D eigenvalue weighted by molar-refractivity contribution is 5.84. The summed E-state index contributed by atoms with van der Waals surface area (Å²) >= 11 is 0. The smallest absolute Gasteiger partial charge is 0.330 e. The van der Waals surface area contributed by atoms with Gasteiger partial charge >= 0.3 is 11.9 Å². The number of aliphatic carboxylic acids is 1. The van der Waals surface area contributed by atoms with Crippen LogP contribution in [0.25, 0.3) is 0 Å². The molecule has 14 heavy (non-hydrogen) atoms. The van der Waals surface area contributed by atoms with Gasteiger partial charge in [-0.15, -0.1) is 0 Å². The number of hydrogen-bond acceptors (Lipinski definition) is 4. The Bertz CT molecular complexity index is 207. The number of aliphatic hydroxyl groups excluding tert-OH is 1. The number of aliphatic hydroxyl groups is 1. The second kappa shape index (κ2) is 9.47. The Morgan fingerprint density at radius 2 is 1.93 bits per heavy atom. The molecule has 0 aromatic rings. The number of carboxylic acids is 1. The van der Waals surface area contributed by atoms with Crippen molar-refractivity contribution < 1.29 is 24.5 Å². The SMILES string of the molecule is C=C(C)C(=O)O.C=CC(=O)OCCO. The zero-order valence-corrected chi connectivity index (χ0v) is 8.02. The Morgan fingerprint density at radius 1 is 1.50 bits per heavy atom. The molecule has 5 heteroatoms. The lowest BCUT2D eigenvalue weighted by molar-refractivity contribution is -0.138. The molecule has 80 valence electrons. The predicted molar refractivity (Wildman–Crippen MR) is 50.7 cm³/mol. The molecule has 0 aliphatic heterocycles. The fourth-order valence-corrected chi connectivity index (χ4v) is 0.205. The zero-order chi connectivity index (χ0) is 11.6. The molecule has 0 aromatic carbocycles. The number of ether oxygens (including phenoxy) is 1. The minimum atomic E-state index is -0.935. The van der Waals surface area contributed by atoms with Crippen LogP contribution < -0.4 is 0 Å². The number of rotatable bonds is 4. The summed E-state index contributed by atoms with van der Waals surface area (Å²) < 4.78 is 4.33. The third-order valence-electron chi connectivity index (χ3n) is 0.867. The Labute approximate surface area is 82.3 Å². The molecule has 0 saturated carbocycles. The maximum Gasteiger partial charge on any atom is 0.330 e. The highest BCUT2D eigenvalue weighted by Gasteiger charge is 1.90. The van der Waals surface area contributed by atoms with Crippen molar-refractivity contribution in [3.05, 3.63) is 24.8 Å². The zero-order valence-electron chi connectivity index (χ0n) is 8.02. The molecule has 5 nitrogen and oxygen atoms in total. The van der Waals surface area contributed by atoms with Gasteiger partial charge in [0.1, 0.15) is 6.61 Å². The molecule has 0 fully saturated rings. The summed E-state index contributed by atoms with van der Waals surface area (Å²) in [7, 11) is 0. The average molecular weight is 202 g/mol. The fraction of sp³-hybridized carbons (Fsp3) is 0.333. The van der Waals surface area contributed by atoms with Crippen LogP contribution in [-0.4, -0.2) is 35.4 Å². The molecule has 0 rings (SSSR count). The molecule has 0 unspecified atom stereocenters. The lowest BCUT2D eigenvalue weighted by Crippen LogP contribution is -2.04. The van der Waals surface area contributed by atoms with Crippen LogP contribution in [0.5, 0.6) is 0 Å². The minimum absolute atomic E-state index is 0.0465. The van der Waals surface area contributed by atoms with Crippen LogP contribution in [-0.2, 0) is 14.3 Å². The molecule has 0 aromatic heterocycles. The molecular weight excluding hydrogens is 188 g/mol. The molecule has 0 saturated heterocycles. The van der Waals surface area contributed by atoms with Crippen LogP contribution in [0.3, 0.4) is 0 Å². The molecule has 2 N–H and O–H groups in total. The molecule has 0 aliphatic rings. The van der Waals surface area contributed by atoms with Crippen molar-refractivity contribution in [2.75, 3.05) is 13.2 Å². The quantitative estimate of drug-likeness (QED) is 0.507. The highest BCUT2D eigenvalue weighted by Crippen LogP contribution is 1.81. The van der Waals surface area contributed by atoms with Crippen LogP contribution in [0, 0.1) is 0 Å². The summed E-state index contributed by atoms with van der Waals surface area (Å²) in [6, 6.07) is 0. The van der Waals surface area contributed by atoms with Gasteiger partial charge in [-0.2, -0.15) is 0 Å². The van der Waals surface area contributed by atoms with E-state index >= 15 is 0 Å². The van der Waals surface area contributed by atoms with Crippen molar-refractivity contribution in [2.45, 2.75) is 6.92 Å². The third kappa shape index (κ3) is 13.0. The molecule has 0 spiro atoms. The molecular formula is C9H14O5. The third-order valence-corrected chi connectivity index (χ3v) is 0.867. The molecule has 0 radical (unpaired) electrons. The van der Waals surface area contributed by atoms with Gasteiger partial charge in [-0.05, 0) is 6.92 Å². The first-order chi connectivity index (χ1) is 6.45. The standard InChI is InChI=1S/C5H8O3.C4H6O2/c1-2-5(7)8-4-3-6;1-3(2)4(5)6/h2,6H,1,3-4H2;1H2,2H3,(H,5,6). The topological polar surface area (TPSA) is 83.8 Å². The van der Waals surface area contributed by atoms with E-state index in [9.17, 15) is 9.59 Å². The fourth-order valence-electron chi connectivity index (χ4n) is 0.205. The first-order valence-corrected chi connectivity index (χ1v) is 3.74. The first-order valence-electron chi connectivity index (χ1n) is 3.74. The second-order valence-electron chi connectivity index (χ2n) is 2.18. The van der Waals surface area contributed by atoms with Gasteiger partial charge in [0.25, 0.3) is 0 Å². The second-order valence-corrected chi connectivity index (χ2v) is 2.18. The summed E-state index contributed by atoms with van der Waals surface area (Å²) in [5, 5.41) is 16.0. The van der Waals surface area contributed by atoms with E-state index in [1.807, 2.05) is 0 Å². The van der Waals surface area contributed by atoms with E-state index in [4.69, 9.17) is 10.2 Å². The van der Waals surface area contributed by atoms with Crippen molar-refractivity contribution in [2.24, 2.45) is 0 Å². The van der Waals surface area contributed by atoms with Crippen molar-refractivity contribution in [1.29, 1.82) is 0 Å². The summed E-state index contributed by atoms with van der Waals surface area (Å²) in [5.74, 6) is -1.44. The van der Waals surface area contributed by atoms with Crippen LogP contribution >= 0.6 is 0 Å². The van der Waals surface area contributed by atoms with Gasteiger partial charge in [-0.1, -0.05) is 13.2 Å². The van der Waals surface area contributed by atoms with Crippen LogP contribution in [0.2, 0.25) is 0 Å². The predicted octanol–water partition coefficient (Wildman–Crippen LogP) is 0.355. The number of carboxylic acid groups (broad SMARTS) is 1. The van der Waals surface area contributed by atoms with Crippen LogP contribution in [0.4, 0.5) is 0 Å². The Balaban J connectivity index is 0. The van der Waals surface area contributed by atoms with Crippen molar-refractivity contribution in [3.63, 3.8) is 0 Å². The highest BCUT2D eigenvalue weighted by atomic mass is 16.5. The summed E-state index contributed by atoms with van der Waals surface area (Å²) in [4.78, 5) is 19.7. The Morgan fingerprint density at radius 3 is 2.14 bits per heavy atom. The van der Waals surface area contributed by atoms with Crippen molar-refractivity contribution >= 4 is 11.9 Å². The normalized spacial score (nSPS) is 7.86. The largest absolute Gasteiger partial charge is 0.478 e. The van der Waals surface area contributed by atoms with Crippen molar-refractivity contribution in [3.8, 4) is 0 Å². The number of esters is 1. The van der Waals surface area contributed by atoms with E-state index in [1.54, 1.807) is 0 Å². The first kappa shape index (κ1) is 14.9. The maximum atomic E-state index is 10.1. The van der Waals surface area contributed by atoms with E-state index in [-0.39, 0.29) is 18.8 Å². The van der Waals surface area contributed by atoms with E-state index in [0.717, 1.165) is 6.08 Å². The van der Waals surface area contributed by atoms with Gasteiger partial charge in [0.15, 0.2) is 0 Å².